The van der Waals surface area contributed by atoms with Crippen LogP contribution in [0.1, 0.15) is 0 Å². The van der Waals surface area contributed by atoms with Crippen LogP contribution >= 0.6 is 11.6 Å². The van der Waals surface area contributed by atoms with Gasteiger partial charge in [0.25, 0.3) is 0 Å². The van der Waals surface area contributed by atoms with Gasteiger partial charge >= 0.3 is 0 Å². The Bertz CT molecular complexity index is 318. The zero-order chi connectivity index (χ0) is 8.72. The molecule has 0 fully saturated rings. The molecule has 1 aliphatic rings. The molecule has 1 aromatic rings. The summed E-state index contributed by atoms with van der Waals surface area (Å²) >= 11 is 5.68. The van der Waals surface area contributed by atoms with E-state index in [2.05, 4.69) is 0 Å². The quantitative estimate of drug-likeness (QED) is 0.648. The zero-order valence-electron chi connectivity index (χ0n) is 5.98. The number of hydrogen-bond donors (Lipinski definition) is 2. The third-order valence-electron chi connectivity index (χ3n) is 1.65. The van der Waals surface area contributed by atoms with Crippen molar-refractivity contribution in [1.82, 2.24) is 0 Å². The molecule has 4 nitrogen and oxygen atoms in total. The van der Waals surface area contributed by atoms with E-state index in [1.807, 2.05) is 0 Å². The van der Waals surface area contributed by atoms with Crippen LogP contribution in [-0.4, -0.2) is 10.4 Å². The van der Waals surface area contributed by atoms with E-state index in [9.17, 15) is 10.4 Å². The van der Waals surface area contributed by atoms with Crippen molar-refractivity contribution in [3.8, 4) is 0 Å². The summed E-state index contributed by atoms with van der Waals surface area (Å²) < 4.78 is 0. The van der Waals surface area contributed by atoms with Gasteiger partial charge in [-0.3, -0.25) is 10.4 Å². The van der Waals surface area contributed by atoms with E-state index in [1.54, 1.807) is 18.2 Å². The summed E-state index contributed by atoms with van der Waals surface area (Å²) in [6.07, 6.45) is 0. The first-order chi connectivity index (χ1) is 5.68. The lowest BCUT2D eigenvalue weighted by Gasteiger charge is -2.06. The minimum absolute atomic E-state index is 0.463. The number of hydroxylamine groups is 2. The average Bonchev–Trinajstić information content (AvgIpc) is 2.28. The predicted octanol–water partition coefficient (Wildman–Crippen LogP) is 1.86. The molecule has 0 saturated carbocycles. The smallest absolute Gasteiger partial charge is 0.195 e. The first-order valence-corrected chi connectivity index (χ1v) is 3.67. The summed E-state index contributed by atoms with van der Waals surface area (Å²) in [6, 6.07) is 4.81. The number of nitrogens with zero attached hydrogens (tertiary/aromatic N) is 2. The second kappa shape index (κ2) is 2.52. The lowest BCUT2D eigenvalue weighted by molar-refractivity contribution is 0.235. The van der Waals surface area contributed by atoms with Gasteiger partial charge in [-0.25, -0.2) is 10.1 Å². The van der Waals surface area contributed by atoms with Crippen molar-refractivity contribution in [2.75, 3.05) is 10.1 Å². The molecule has 2 N–H and O–H groups in total. The molecule has 0 unspecified atom stereocenters. The molecule has 0 amide bonds. The maximum absolute atomic E-state index is 9.19. The molecule has 1 radical (unpaired) electrons. The van der Waals surface area contributed by atoms with E-state index >= 15 is 0 Å². The molecule has 0 bridgehead atoms. The highest BCUT2D eigenvalue weighted by Crippen LogP contribution is 2.37. The molecule has 0 aromatic heterocycles. The van der Waals surface area contributed by atoms with Crippen LogP contribution in [0.15, 0.2) is 18.2 Å². The number of halogens is 1. The standard InChI is InChI=1S/C7H6ClN2O2/c8-5-1-2-6-7(3-5)10(12)4-9(6)11/h1-4,11-12H. The lowest BCUT2D eigenvalue weighted by atomic mass is 10.3. The van der Waals surface area contributed by atoms with Gasteiger partial charge in [-0.15, -0.1) is 0 Å². The fourth-order valence-corrected chi connectivity index (χ4v) is 1.27. The third kappa shape index (κ3) is 1.01. The van der Waals surface area contributed by atoms with E-state index in [1.165, 1.54) is 0 Å². The minimum Gasteiger partial charge on any atom is -0.286 e. The van der Waals surface area contributed by atoms with Crippen LogP contribution in [0.5, 0.6) is 0 Å². The van der Waals surface area contributed by atoms with Gasteiger partial charge in [0.15, 0.2) is 6.67 Å². The molecule has 0 saturated heterocycles. The van der Waals surface area contributed by atoms with Crippen LogP contribution in [0.25, 0.3) is 0 Å². The fourth-order valence-electron chi connectivity index (χ4n) is 1.10. The van der Waals surface area contributed by atoms with E-state index in [0.29, 0.717) is 16.4 Å². The van der Waals surface area contributed by atoms with Crippen molar-refractivity contribution >= 4 is 23.0 Å². The molecular weight excluding hydrogens is 180 g/mol. The molecule has 0 spiro atoms. The van der Waals surface area contributed by atoms with E-state index < -0.39 is 0 Å². The van der Waals surface area contributed by atoms with Gasteiger partial charge in [0.05, 0.1) is 11.4 Å². The minimum atomic E-state index is 0.463. The summed E-state index contributed by atoms with van der Waals surface area (Å²) in [5.41, 5.74) is 0.965. The van der Waals surface area contributed by atoms with Crippen LogP contribution in [0.3, 0.4) is 0 Å². The Morgan fingerprint density at radius 2 is 1.75 bits per heavy atom. The number of anilines is 2. The molecule has 1 heterocycles. The highest BCUT2D eigenvalue weighted by molar-refractivity contribution is 6.31. The van der Waals surface area contributed by atoms with Crippen molar-refractivity contribution in [1.29, 1.82) is 0 Å². The average molecular weight is 186 g/mol. The van der Waals surface area contributed by atoms with Crippen LogP contribution in [0, 0.1) is 6.67 Å². The second-order valence-electron chi connectivity index (χ2n) is 2.44. The van der Waals surface area contributed by atoms with Crippen molar-refractivity contribution in [3.63, 3.8) is 0 Å². The van der Waals surface area contributed by atoms with Crippen molar-refractivity contribution in [3.05, 3.63) is 29.9 Å². The van der Waals surface area contributed by atoms with Crippen molar-refractivity contribution < 1.29 is 10.4 Å². The zero-order valence-corrected chi connectivity index (χ0v) is 6.73. The second-order valence-corrected chi connectivity index (χ2v) is 2.87. The molecule has 12 heavy (non-hydrogen) atoms. The summed E-state index contributed by atoms with van der Waals surface area (Å²) in [4.78, 5) is 0. The molecule has 2 rings (SSSR count). The summed E-state index contributed by atoms with van der Waals surface area (Å²) in [7, 11) is 0. The molecular formula is C7H6ClN2O2. The van der Waals surface area contributed by atoms with Gasteiger partial charge in [0, 0.05) is 5.02 Å². The molecule has 1 aromatic carbocycles. The van der Waals surface area contributed by atoms with E-state index in [-0.39, 0.29) is 0 Å². The molecule has 0 atom stereocenters. The maximum Gasteiger partial charge on any atom is 0.195 e. The van der Waals surface area contributed by atoms with Gasteiger partial charge < -0.3 is 0 Å². The van der Waals surface area contributed by atoms with Crippen molar-refractivity contribution in [2.45, 2.75) is 0 Å². The third-order valence-corrected chi connectivity index (χ3v) is 1.88. The Labute approximate surface area is 74.1 Å². The number of fused-ring (bicyclic) bond motifs is 1. The van der Waals surface area contributed by atoms with Crippen LogP contribution in [0.4, 0.5) is 11.4 Å². The van der Waals surface area contributed by atoms with Crippen LogP contribution < -0.4 is 10.1 Å². The first kappa shape index (κ1) is 7.67. The summed E-state index contributed by atoms with van der Waals surface area (Å²) in [6.45, 7) is 1.14. The number of rotatable bonds is 0. The maximum atomic E-state index is 9.19. The van der Waals surface area contributed by atoms with Gasteiger partial charge in [-0.2, -0.15) is 0 Å². The van der Waals surface area contributed by atoms with E-state index in [0.717, 1.165) is 16.8 Å². The topological polar surface area (TPSA) is 46.9 Å². The number of hydrogen-bond acceptors (Lipinski definition) is 4. The first-order valence-electron chi connectivity index (χ1n) is 3.29. The van der Waals surface area contributed by atoms with Crippen LogP contribution in [0.2, 0.25) is 5.02 Å². The van der Waals surface area contributed by atoms with Gasteiger partial charge in [-0.1, -0.05) is 11.6 Å². The predicted molar refractivity (Wildman–Crippen MR) is 44.3 cm³/mol. The van der Waals surface area contributed by atoms with E-state index in [4.69, 9.17) is 11.6 Å². The highest BCUT2D eigenvalue weighted by atomic mass is 35.5. The summed E-state index contributed by atoms with van der Waals surface area (Å²) in [5, 5.41) is 20.5. The van der Waals surface area contributed by atoms with Gasteiger partial charge in [-0.05, 0) is 18.2 Å². The monoisotopic (exact) mass is 185 g/mol. The Morgan fingerprint density at radius 3 is 2.50 bits per heavy atom. The summed E-state index contributed by atoms with van der Waals surface area (Å²) in [5.74, 6) is 0. The Hall–Kier alpha value is -0.970. The SMILES string of the molecule is ON1[CH]N(O)c2cc(Cl)ccc21. The van der Waals surface area contributed by atoms with Crippen LogP contribution in [-0.2, 0) is 0 Å². The van der Waals surface area contributed by atoms with Gasteiger partial charge in [0.1, 0.15) is 0 Å². The Balaban J connectivity index is 2.53. The normalized spacial score (nSPS) is 15.2. The number of benzene rings is 1. The fraction of sp³-hybridized carbons (Fsp3) is 0. The van der Waals surface area contributed by atoms with Crippen molar-refractivity contribution in [2.24, 2.45) is 0 Å². The highest BCUT2D eigenvalue weighted by Gasteiger charge is 2.24. The Kier molecular flexibility index (Phi) is 1.61. The van der Waals surface area contributed by atoms with Gasteiger partial charge in [0.2, 0.25) is 0 Å². The Morgan fingerprint density at radius 1 is 1.08 bits per heavy atom. The molecule has 5 heteroatoms. The lowest BCUT2D eigenvalue weighted by Crippen LogP contribution is -2.18. The largest absolute Gasteiger partial charge is 0.286 e. The molecule has 0 aliphatic carbocycles. The molecule has 1 aliphatic heterocycles. The molecule has 63 valence electrons.